The molecule has 0 saturated heterocycles. The minimum atomic E-state index is -0.761. The fourth-order valence-corrected chi connectivity index (χ4v) is 4.98. The Bertz CT molecular complexity index is 972. The summed E-state index contributed by atoms with van der Waals surface area (Å²) in [5, 5.41) is 12.1. The molecule has 0 aliphatic heterocycles. The molecule has 32 heavy (non-hydrogen) atoms. The van der Waals surface area contributed by atoms with Crippen molar-refractivity contribution in [1.82, 2.24) is 4.98 Å². The van der Waals surface area contributed by atoms with Gasteiger partial charge in [-0.1, -0.05) is 43.2 Å². The number of aromatic nitrogens is 1. The summed E-state index contributed by atoms with van der Waals surface area (Å²) in [7, 11) is 0. The second-order valence-corrected chi connectivity index (χ2v) is 8.74. The Hall–Kier alpha value is -2.57. The predicted octanol–water partition coefficient (Wildman–Crippen LogP) is 6.08. The maximum atomic E-state index is 11.1. The molecule has 5 nitrogen and oxygen atoms in total. The topological polar surface area (TPSA) is 62.7 Å². The molecular formula is C25H29ClN2O3S. The first kappa shape index (κ1) is 24.1. The summed E-state index contributed by atoms with van der Waals surface area (Å²) in [4.78, 5) is 18.2. The highest BCUT2D eigenvalue weighted by Crippen LogP contribution is 2.33. The van der Waals surface area contributed by atoms with Crippen molar-refractivity contribution < 1.29 is 14.6 Å². The minimum absolute atomic E-state index is 0. The molecule has 170 valence electrons. The molecule has 2 aromatic carbocycles. The summed E-state index contributed by atoms with van der Waals surface area (Å²) >= 11 is 1.60. The van der Waals surface area contributed by atoms with Crippen LogP contribution in [0.15, 0.2) is 60.0 Å². The van der Waals surface area contributed by atoms with Crippen LogP contribution < -0.4 is 9.64 Å². The molecule has 0 unspecified atom stereocenters. The number of hydrogen-bond donors (Lipinski definition) is 1. The van der Waals surface area contributed by atoms with E-state index in [9.17, 15) is 4.79 Å². The Labute approximate surface area is 199 Å². The number of ether oxygens (including phenoxy) is 1. The van der Waals surface area contributed by atoms with Gasteiger partial charge in [0.15, 0.2) is 5.13 Å². The van der Waals surface area contributed by atoms with Gasteiger partial charge in [0.05, 0.1) is 18.7 Å². The SMILES string of the molecule is Cl.O=C(O)CCN(c1nc(-c2ccc(OCCc3ccccc3)cc2)cs1)C1CCCC1. The molecule has 4 rings (SSSR count). The van der Waals surface area contributed by atoms with Crippen LogP contribution in [0.1, 0.15) is 37.7 Å². The molecule has 1 heterocycles. The number of anilines is 1. The van der Waals surface area contributed by atoms with E-state index in [0.717, 1.165) is 41.4 Å². The number of benzene rings is 2. The average Bonchev–Trinajstić information content (AvgIpc) is 3.48. The summed E-state index contributed by atoms with van der Waals surface area (Å²) in [5.41, 5.74) is 3.24. The molecule has 1 aromatic heterocycles. The highest BCUT2D eigenvalue weighted by atomic mass is 35.5. The van der Waals surface area contributed by atoms with Crippen molar-refractivity contribution >= 4 is 34.8 Å². The first-order chi connectivity index (χ1) is 15.2. The molecule has 7 heteroatoms. The fourth-order valence-electron chi connectivity index (χ4n) is 4.05. The molecule has 1 saturated carbocycles. The van der Waals surface area contributed by atoms with Gasteiger partial charge in [-0.05, 0) is 42.7 Å². The van der Waals surface area contributed by atoms with Gasteiger partial charge in [0.1, 0.15) is 5.75 Å². The third-order valence-electron chi connectivity index (χ3n) is 5.72. The number of carboxylic acids is 1. The molecular weight excluding hydrogens is 444 g/mol. The van der Waals surface area contributed by atoms with Crippen LogP contribution in [0.3, 0.4) is 0 Å². The summed E-state index contributed by atoms with van der Waals surface area (Å²) in [5.74, 6) is 0.0896. The zero-order chi connectivity index (χ0) is 21.5. The van der Waals surface area contributed by atoms with Gasteiger partial charge in [0, 0.05) is 30.0 Å². The fraction of sp³-hybridized carbons (Fsp3) is 0.360. The number of thiazole rings is 1. The van der Waals surface area contributed by atoms with Gasteiger partial charge in [-0.25, -0.2) is 4.98 Å². The molecule has 0 spiro atoms. The second kappa shape index (κ2) is 11.9. The van der Waals surface area contributed by atoms with Gasteiger partial charge in [-0.15, -0.1) is 23.7 Å². The van der Waals surface area contributed by atoms with Crippen LogP contribution in [0, 0.1) is 0 Å². The van der Waals surface area contributed by atoms with E-state index in [2.05, 4.69) is 22.4 Å². The lowest BCUT2D eigenvalue weighted by Gasteiger charge is -2.28. The van der Waals surface area contributed by atoms with E-state index in [1.807, 2.05) is 42.5 Å². The first-order valence-electron chi connectivity index (χ1n) is 10.9. The average molecular weight is 473 g/mol. The second-order valence-electron chi connectivity index (χ2n) is 7.90. The largest absolute Gasteiger partial charge is 0.493 e. The Kier molecular flexibility index (Phi) is 8.94. The van der Waals surface area contributed by atoms with Gasteiger partial charge in [-0.3, -0.25) is 4.79 Å². The number of nitrogens with zero attached hydrogens (tertiary/aromatic N) is 2. The maximum absolute atomic E-state index is 11.1. The van der Waals surface area contributed by atoms with Gasteiger partial charge in [0.2, 0.25) is 0 Å². The van der Waals surface area contributed by atoms with E-state index in [-0.39, 0.29) is 18.8 Å². The molecule has 1 fully saturated rings. The molecule has 3 aromatic rings. The van der Waals surface area contributed by atoms with E-state index in [4.69, 9.17) is 14.8 Å². The van der Waals surface area contributed by atoms with Crippen molar-refractivity contribution in [2.24, 2.45) is 0 Å². The van der Waals surface area contributed by atoms with Crippen molar-refractivity contribution in [2.75, 3.05) is 18.1 Å². The summed E-state index contributed by atoms with van der Waals surface area (Å²) < 4.78 is 5.88. The minimum Gasteiger partial charge on any atom is -0.493 e. The Morgan fingerprint density at radius 2 is 1.81 bits per heavy atom. The number of rotatable bonds is 10. The number of carboxylic acid groups (broad SMARTS) is 1. The summed E-state index contributed by atoms with van der Waals surface area (Å²) in [6.07, 6.45) is 5.66. The molecule has 0 amide bonds. The van der Waals surface area contributed by atoms with Gasteiger partial charge in [0.25, 0.3) is 0 Å². The van der Waals surface area contributed by atoms with Crippen LogP contribution >= 0.6 is 23.7 Å². The molecule has 0 bridgehead atoms. The monoisotopic (exact) mass is 472 g/mol. The van der Waals surface area contributed by atoms with E-state index in [1.54, 1.807) is 11.3 Å². The van der Waals surface area contributed by atoms with Crippen molar-refractivity contribution in [1.29, 1.82) is 0 Å². The quantitative estimate of drug-likeness (QED) is 0.387. The Balaban J connectivity index is 0.00000289. The normalized spacial score (nSPS) is 13.5. The van der Waals surface area contributed by atoms with Crippen LogP contribution in [-0.4, -0.2) is 35.3 Å². The highest BCUT2D eigenvalue weighted by molar-refractivity contribution is 7.14. The highest BCUT2D eigenvalue weighted by Gasteiger charge is 2.25. The van der Waals surface area contributed by atoms with E-state index >= 15 is 0 Å². The number of carbonyl (C=O) groups is 1. The van der Waals surface area contributed by atoms with E-state index in [1.165, 1.54) is 18.4 Å². The number of halogens is 1. The predicted molar refractivity (Wildman–Crippen MR) is 132 cm³/mol. The lowest BCUT2D eigenvalue weighted by molar-refractivity contribution is -0.136. The zero-order valence-corrected chi connectivity index (χ0v) is 19.6. The molecule has 1 aliphatic rings. The van der Waals surface area contributed by atoms with Gasteiger partial charge < -0.3 is 14.7 Å². The summed E-state index contributed by atoms with van der Waals surface area (Å²) in [6.45, 7) is 1.16. The van der Waals surface area contributed by atoms with Crippen molar-refractivity contribution in [3.63, 3.8) is 0 Å². The lowest BCUT2D eigenvalue weighted by atomic mass is 10.1. The third-order valence-corrected chi connectivity index (χ3v) is 6.60. The van der Waals surface area contributed by atoms with Crippen LogP contribution in [0.5, 0.6) is 5.75 Å². The lowest BCUT2D eigenvalue weighted by Crippen LogP contribution is -2.35. The maximum Gasteiger partial charge on any atom is 0.305 e. The zero-order valence-electron chi connectivity index (χ0n) is 18.0. The van der Waals surface area contributed by atoms with Crippen molar-refractivity contribution in [3.05, 3.63) is 65.5 Å². The standard InChI is InChI=1S/C25H28N2O3S.ClH/c28-24(29)14-16-27(21-8-4-5-9-21)25-26-23(18-31-25)20-10-12-22(13-11-20)30-17-15-19-6-2-1-3-7-19;/h1-3,6-7,10-13,18,21H,4-5,8-9,14-17H2,(H,28,29);1H. The van der Waals surface area contributed by atoms with Gasteiger partial charge >= 0.3 is 5.97 Å². The molecule has 1 N–H and O–H groups in total. The van der Waals surface area contributed by atoms with Crippen LogP contribution in [-0.2, 0) is 11.2 Å². The Morgan fingerprint density at radius 3 is 2.50 bits per heavy atom. The summed E-state index contributed by atoms with van der Waals surface area (Å²) in [6, 6.07) is 18.8. The third kappa shape index (κ3) is 6.47. The molecule has 1 aliphatic carbocycles. The van der Waals surface area contributed by atoms with Crippen molar-refractivity contribution in [3.8, 4) is 17.0 Å². The van der Waals surface area contributed by atoms with Crippen LogP contribution in [0.25, 0.3) is 11.3 Å². The molecule has 0 radical (unpaired) electrons. The number of aliphatic carboxylic acids is 1. The number of hydrogen-bond acceptors (Lipinski definition) is 5. The smallest absolute Gasteiger partial charge is 0.305 e. The van der Waals surface area contributed by atoms with Crippen molar-refractivity contribution in [2.45, 2.75) is 44.6 Å². The van der Waals surface area contributed by atoms with Crippen LogP contribution in [0.4, 0.5) is 5.13 Å². The first-order valence-corrected chi connectivity index (χ1v) is 11.8. The van der Waals surface area contributed by atoms with Gasteiger partial charge in [-0.2, -0.15) is 0 Å². The molecule has 0 atom stereocenters. The van der Waals surface area contributed by atoms with E-state index in [0.29, 0.717) is 19.2 Å². The van der Waals surface area contributed by atoms with E-state index < -0.39 is 5.97 Å². The Morgan fingerprint density at radius 1 is 1.09 bits per heavy atom. The van der Waals surface area contributed by atoms with Crippen LogP contribution in [0.2, 0.25) is 0 Å².